The van der Waals surface area contributed by atoms with E-state index in [0.717, 1.165) is 46.3 Å². The summed E-state index contributed by atoms with van der Waals surface area (Å²) in [5.74, 6) is 2.87. The summed E-state index contributed by atoms with van der Waals surface area (Å²) in [6, 6.07) is 8.45. The van der Waals surface area contributed by atoms with Crippen molar-refractivity contribution in [3.8, 4) is 10.6 Å². The van der Waals surface area contributed by atoms with Gasteiger partial charge >= 0.3 is 0 Å². The van der Waals surface area contributed by atoms with E-state index < -0.39 is 0 Å². The van der Waals surface area contributed by atoms with Gasteiger partial charge in [0.05, 0.1) is 5.69 Å². The first-order chi connectivity index (χ1) is 14.2. The second-order valence-electron chi connectivity index (χ2n) is 7.93. The summed E-state index contributed by atoms with van der Waals surface area (Å²) in [6.07, 6.45) is 9.35. The van der Waals surface area contributed by atoms with E-state index in [1.807, 2.05) is 0 Å². The monoisotopic (exact) mass is 426 g/mol. The topological polar surface area (TPSA) is 43.6 Å². The first kappa shape index (κ1) is 20.6. The molecule has 29 heavy (non-hydrogen) atoms. The van der Waals surface area contributed by atoms with Crippen molar-refractivity contribution < 1.29 is 0 Å². The maximum absolute atomic E-state index is 4.86. The van der Waals surface area contributed by atoms with Crippen LogP contribution in [-0.2, 0) is 18.7 Å². The first-order valence-electron chi connectivity index (χ1n) is 10.8. The van der Waals surface area contributed by atoms with Crippen LogP contribution in [0.15, 0.2) is 34.8 Å². The zero-order chi connectivity index (χ0) is 20.1. The van der Waals surface area contributed by atoms with Crippen LogP contribution in [0.2, 0.25) is 0 Å². The molecule has 4 nitrogen and oxygen atoms in total. The van der Waals surface area contributed by atoms with E-state index in [1.54, 1.807) is 23.1 Å². The highest BCUT2D eigenvalue weighted by atomic mass is 32.2. The van der Waals surface area contributed by atoms with Crippen molar-refractivity contribution in [1.29, 1.82) is 0 Å². The molecule has 0 N–H and O–H groups in total. The van der Waals surface area contributed by atoms with E-state index in [9.17, 15) is 0 Å². The average Bonchev–Trinajstić information content (AvgIpc) is 3.38. The minimum atomic E-state index is 0.836. The number of thiazole rings is 1. The summed E-state index contributed by atoms with van der Waals surface area (Å²) in [6.45, 7) is 5.27. The summed E-state index contributed by atoms with van der Waals surface area (Å²) >= 11 is 3.48. The van der Waals surface area contributed by atoms with Gasteiger partial charge in [0.25, 0.3) is 0 Å². The second-order valence-corrected chi connectivity index (χ2v) is 9.73. The van der Waals surface area contributed by atoms with Gasteiger partial charge in [-0.1, -0.05) is 68.1 Å². The molecule has 1 aliphatic carbocycles. The lowest BCUT2D eigenvalue weighted by atomic mass is 9.86. The Bertz CT molecular complexity index is 925. The van der Waals surface area contributed by atoms with Gasteiger partial charge in [0, 0.05) is 29.7 Å². The van der Waals surface area contributed by atoms with E-state index in [-0.39, 0.29) is 0 Å². The molecule has 0 unspecified atom stereocenters. The Morgan fingerprint density at radius 3 is 2.76 bits per heavy atom. The molecule has 1 aromatic carbocycles. The van der Waals surface area contributed by atoms with Crippen LogP contribution in [0.1, 0.15) is 62.5 Å². The van der Waals surface area contributed by atoms with Crippen LogP contribution in [0.5, 0.6) is 0 Å². The molecule has 1 saturated carbocycles. The number of aromatic nitrogens is 4. The molecule has 1 fully saturated rings. The Kier molecular flexibility index (Phi) is 7.03. The zero-order valence-electron chi connectivity index (χ0n) is 17.4. The lowest BCUT2D eigenvalue weighted by Gasteiger charge is -2.21. The highest BCUT2D eigenvalue weighted by Gasteiger charge is 2.17. The van der Waals surface area contributed by atoms with Gasteiger partial charge in [0.2, 0.25) is 0 Å². The Hall–Kier alpha value is -1.66. The lowest BCUT2D eigenvalue weighted by Crippen LogP contribution is -2.10. The smallest absolute Gasteiger partial charge is 0.191 e. The second kappa shape index (κ2) is 9.90. The van der Waals surface area contributed by atoms with Gasteiger partial charge in [0.1, 0.15) is 10.8 Å². The van der Waals surface area contributed by atoms with Crippen LogP contribution in [0.4, 0.5) is 0 Å². The fourth-order valence-corrected chi connectivity index (χ4v) is 6.11. The zero-order valence-corrected chi connectivity index (χ0v) is 19.1. The van der Waals surface area contributed by atoms with Crippen LogP contribution in [0, 0.1) is 12.8 Å². The normalized spacial score (nSPS) is 15.1. The molecule has 0 amide bonds. The third-order valence-electron chi connectivity index (χ3n) is 5.89. The SMILES string of the molecule is CCn1c(CCC2CCCCC2)nnc1SCc1csc(-c2ccccc2C)n1. The van der Waals surface area contributed by atoms with E-state index in [4.69, 9.17) is 4.98 Å². The van der Waals surface area contributed by atoms with Crippen molar-refractivity contribution in [2.75, 3.05) is 0 Å². The van der Waals surface area contributed by atoms with Crippen LogP contribution >= 0.6 is 23.1 Å². The number of aryl methyl sites for hydroxylation is 2. The molecule has 0 saturated heterocycles. The molecule has 1 aliphatic rings. The largest absolute Gasteiger partial charge is 0.306 e. The maximum atomic E-state index is 4.86. The van der Waals surface area contributed by atoms with Crippen LogP contribution < -0.4 is 0 Å². The van der Waals surface area contributed by atoms with Crippen molar-refractivity contribution in [3.63, 3.8) is 0 Å². The summed E-state index contributed by atoms with van der Waals surface area (Å²) < 4.78 is 2.29. The molecule has 3 aromatic rings. The van der Waals surface area contributed by atoms with Crippen molar-refractivity contribution in [3.05, 3.63) is 46.7 Å². The van der Waals surface area contributed by atoms with Gasteiger partial charge in [-0.15, -0.1) is 21.5 Å². The Labute approximate surface area is 182 Å². The Morgan fingerprint density at radius 1 is 1.14 bits per heavy atom. The van der Waals surface area contributed by atoms with E-state index in [0.29, 0.717) is 0 Å². The molecule has 154 valence electrons. The molecule has 0 bridgehead atoms. The molecule has 2 aromatic heterocycles. The summed E-state index contributed by atoms with van der Waals surface area (Å²) in [5, 5.41) is 13.3. The summed E-state index contributed by atoms with van der Waals surface area (Å²) in [7, 11) is 0. The highest BCUT2D eigenvalue weighted by molar-refractivity contribution is 7.98. The van der Waals surface area contributed by atoms with Gasteiger partial charge < -0.3 is 4.57 Å². The third kappa shape index (κ3) is 5.10. The van der Waals surface area contributed by atoms with Crippen molar-refractivity contribution in [2.24, 2.45) is 5.92 Å². The Morgan fingerprint density at radius 2 is 1.97 bits per heavy atom. The number of hydrogen-bond donors (Lipinski definition) is 0. The summed E-state index contributed by atoms with van der Waals surface area (Å²) in [5.41, 5.74) is 3.62. The molecule has 2 heterocycles. The lowest BCUT2D eigenvalue weighted by molar-refractivity contribution is 0.335. The highest BCUT2D eigenvalue weighted by Crippen LogP contribution is 2.30. The van der Waals surface area contributed by atoms with Crippen molar-refractivity contribution >= 4 is 23.1 Å². The predicted octanol–water partition coefficient (Wildman–Crippen LogP) is 6.54. The summed E-state index contributed by atoms with van der Waals surface area (Å²) in [4.78, 5) is 4.86. The van der Waals surface area contributed by atoms with E-state index in [2.05, 4.69) is 58.3 Å². The standard InChI is InChI=1S/C23H30N4S2/c1-3-27-21(14-13-18-10-5-4-6-11-18)25-26-23(27)29-16-19-15-28-22(24-19)20-12-8-7-9-17(20)2/h7-9,12,15,18H,3-6,10-11,13-14,16H2,1-2H3. The predicted molar refractivity (Wildman–Crippen MR) is 122 cm³/mol. The first-order valence-corrected chi connectivity index (χ1v) is 12.7. The van der Waals surface area contributed by atoms with E-state index >= 15 is 0 Å². The minimum absolute atomic E-state index is 0.836. The number of hydrogen-bond acceptors (Lipinski definition) is 5. The molecule has 0 spiro atoms. The number of nitrogens with zero attached hydrogens (tertiary/aromatic N) is 4. The van der Waals surface area contributed by atoms with Gasteiger partial charge in [-0.2, -0.15) is 0 Å². The third-order valence-corrected chi connectivity index (χ3v) is 7.81. The molecular formula is C23H30N4S2. The molecule has 0 aliphatic heterocycles. The van der Waals surface area contributed by atoms with E-state index in [1.165, 1.54) is 49.7 Å². The molecule has 6 heteroatoms. The number of rotatable bonds is 8. The molecule has 4 rings (SSSR count). The molecular weight excluding hydrogens is 396 g/mol. The maximum Gasteiger partial charge on any atom is 0.191 e. The van der Waals surface area contributed by atoms with Crippen molar-refractivity contribution in [1.82, 2.24) is 19.7 Å². The Balaban J connectivity index is 1.37. The molecule has 0 atom stereocenters. The average molecular weight is 427 g/mol. The van der Waals surface area contributed by atoms with Gasteiger partial charge in [-0.05, 0) is 31.7 Å². The number of thioether (sulfide) groups is 1. The molecule has 0 radical (unpaired) electrons. The minimum Gasteiger partial charge on any atom is -0.306 e. The van der Waals surface area contributed by atoms with Gasteiger partial charge in [-0.25, -0.2) is 4.98 Å². The van der Waals surface area contributed by atoms with Crippen LogP contribution in [0.25, 0.3) is 10.6 Å². The van der Waals surface area contributed by atoms with Gasteiger partial charge in [0.15, 0.2) is 5.16 Å². The fraction of sp³-hybridized carbons (Fsp3) is 0.522. The van der Waals surface area contributed by atoms with Gasteiger partial charge in [-0.3, -0.25) is 0 Å². The number of benzene rings is 1. The van der Waals surface area contributed by atoms with Crippen molar-refractivity contribution in [2.45, 2.75) is 76.2 Å². The van der Waals surface area contributed by atoms with Crippen LogP contribution in [0.3, 0.4) is 0 Å². The fourth-order valence-electron chi connectivity index (χ4n) is 4.19. The van der Waals surface area contributed by atoms with Crippen LogP contribution in [-0.4, -0.2) is 19.7 Å². The quantitative estimate of drug-likeness (QED) is 0.384.